The molecule has 2 N–H and O–H groups in total. The highest BCUT2D eigenvalue weighted by Gasteiger charge is 2.23. The molecule has 0 saturated heterocycles. The van der Waals surface area contributed by atoms with Crippen LogP contribution in [0.3, 0.4) is 0 Å². The number of aromatic nitrogens is 1. The Balaban J connectivity index is 2.66. The van der Waals surface area contributed by atoms with Crippen molar-refractivity contribution in [3.63, 3.8) is 0 Å². The topological polar surface area (TPSA) is 75.4 Å². The van der Waals surface area contributed by atoms with Crippen molar-refractivity contribution in [1.82, 2.24) is 10.5 Å². The molecule has 0 aromatic carbocycles. The molecule has 0 aliphatic carbocycles. The van der Waals surface area contributed by atoms with E-state index >= 15 is 0 Å². The number of aryl methyl sites for hydroxylation is 2. The van der Waals surface area contributed by atoms with Gasteiger partial charge in [-0.25, -0.2) is 0 Å². The van der Waals surface area contributed by atoms with E-state index in [0.29, 0.717) is 6.42 Å². The Morgan fingerprint density at radius 1 is 1.50 bits per heavy atom. The Hall–Kier alpha value is -1.36. The Kier molecular flexibility index (Phi) is 4.51. The van der Waals surface area contributed by atoms with Crippen molar-refractivity contribution >= 4 is 5.91 Å². The number of nitrogens with one attached hydrogen (secondary N) is 1. The zero-order chi connectivity index (χ0) is 13.9. The summed E-state index contributed by atoms with van der Waals surface area (Å²) < 4.78 is 5.10. The van der Waals surface area contributed by atoms with Crippen LogP contribution >= 0.6 is 0 Å². The second-order valence-corrected chi connectivity index (χ2v) is 5.43. The van der Waals surface area contributed by atoms with E-state index in [-0.39, 0.29) is 18.4 Å². The van der Waals surface area contributed by atoms with Gasteiger partial charge >= 0.3 is 0 Å². The van der Waals surface area contributed by atoms with E-state index in [0.717, 1.165) is 17.0 Å². The number of rotatable bonds is 5. The molecular formula is C13H22N2O3. The summed E-state index contributed by atoms with van der Waals surface area (Å²) in [5.74, 6) is 0.724. The summed E-state index contributed by atoms with van der Waals surface area (Å²) in [5, 5.41) is 15.8. The van der Waals surface area contributed by atoms with E-state index in [1.54, 1.807) is 13.8 Å². The van der Waals surface area contributed by atoms with E-state index in [4.69, 9.17) is 9.63 Å². The minimum Gasteiger partial charge on any atom is -0.394 e. The van der Waals surface area contributed by atoms with Crippen LogP contribution in [0.1, 0.15) is 50.1 Å². The van der Waals surface area contributed by atoms with Crippen LogP contribution in [0.15, 0.2) is 4.52 Å². The number of carbonyl (C=O) groups is 1. The van der Waals surface area contributed by atoms with E-state index in [1.165, 1.54) is 0 Å². The lowest BCUT2D eigenvalue weighted by molar-refractivity contribution is -0.123. The average Bonchev–Trinajstić information content (AvgIpc) is 2.57. The van der Waals surface area contributed by atoms with Crippen LogP contribution < -0.4 is 5.32 Å². The highest BCUT2D eigenvalue weighted by molar-refractivity contribution is 5.77. The summed E-state index contributed by atoms with van der Waals surface area (Å²) in [7, 11) is 0. The van der Waals surface area contributed by atoms with Crippen LogP contribution in [0, 0.1) is 13.8 Å². The lowest BCUT2D eigenvalue weighted by Gasteiger charge is -2.24. The molecule has 0 fully saturated rings. The van der Waals surface area contributed by atoms with Crippen LogP contribution in [-0.4, -0.2) is 28.3 Å². The van der Waals surface area contributed by atoms with Gasteiger partial charge in [0.1, 0.15) is 5.76 Å². The first-order valence-corrected chi connectivity index (χ1v) is 6.11. The standard InChI is InChI=1S/C13H22N2O3/c1-8(12-9(2)15-18-10(12)3)6-11(17)14-13(4,5)7-16/h8,16H,6-7H2,1-5H3,(H,14,17). The smallest absolute Gasteiger partial charge is 0.221 e. The van der Waals surface area contributed by atoms with Crippen molar-refractivity contribution in [1.29, 1.82) is 0 Å². The molecule has 1 heterocycles. The molecule has 1 aromatic heterocycles. The van der Waals surface area contributed by atoms with Gasteiger partial charge in [0.2, 0.25) is 5.91 Å². The van der Waals surface area contributed by atoms with E-state index in [2.05, 4.69) is 10.5 Å². The zero-order valence-electron chi connectivity index (χ0n) is 11.7. The Bertz CT molecular complexity index is 404. The first kappa shape index (κ1) is 14.7. The molecule has 0 radical (unpaired) electrons. The summed E-state index contributed by atoms with van der Waals surface area (Å²) in [6.45, 7) is 9.17. The number of hydrogen-bond donors (Lipinski definition) is 2. The second kappa shape index (κ2) is 5.52. The second-order valence-electron chi connectivity index (χ2n) is 5.43. The van der Waals surface area contributed by atoms with Gasteiger partial charge in [0.25, 0.3) is 0 Å². The first-order valence-electron chi connectivity index (χ1n) is 6.11. The van der Waals surface area contributed by atoms with Crippen molar-refractivity contribution in [3.8, 4) is 0 Å². The normalized spacial score (nSPS) is 13.4. The van der Waals surface area contributed by atoms with Gasteiger partial charge in [-0.05, 0) is 33.6 Å². The molecule has 1 amide bonds. The molecule has 18 heavy (non-hydrogen) atoms. The molecule has 1 atom stereocenters. The van der Waals surface area contributed by atoms with Crippen LogP contribution in [0.5, 0.6) is 0 Å². The number of aliphatic hydroxyl groups is 1. The minimum atomic E-state index is -0.588. The van der Waals surface area contributed by atoms with Crippen molar-refractivity contribution in [3.05, 3.63) is 17.0 Å². The fourth-order valence-electron chi connectivity index (χ4n) is 2.04. The molecule has 5 nitrogen and oxygen atoms in total. The Morgan fingerprint density at radius 2 is 2.11 bits per heavy atom. The lowest BCUT2D eigenvalue weighted by atomic mass is 9.95. The van der Waals surface area contributed by atoms with Crippen molar-refractivity contribution in [2.45, 2.75) is 52.5 Å². The maximum Gasteiger partial charge on any atom is 0.221 e. The molecule has 1 unspecified atom stereocenters. The number of carbonyl (C=O) groups excluding carboxylic acids is 1. The monoisotopic (exact) mass is 254 g/mol. The van der Waals surface area contributed by atoms with Crippen molar-refractivity contribution in [2.75, 3.05) is 6.61 Å². The predicted molar refractivity (Wildman–Crippen MR) is 68.3 cm³/mol. The Morgan fingerprint density at radius 3 is 2.56 bits per heavy atom. The third-order valence-electron chi connectivity index (χ3n) is 2.95. The highest BCUT2D eigenvalue weighted by atomic mass is 16.5. The van der Waals surface area contributed by atoms with Gasteiger partial charge in [-0.15, -0.1) is 0 Å². The lowest BCUT2D eigenvalue weighted by Crippen LogP contribution is -2.46. The summed E-state index contributed by atoms with van der Waals surface area (Å²) in [6.07, 6.45) is 0.353. The molecule has 1 aromatic rings. The van der Waals surface area contributed by atoms with E-state index in [1.807, 2.05) is 20.8 Å². The molecule has 0 spiro atoms. The maximum atomic E-state index is 11.9. The quantitative estimate of drug-likeness (QED) is 0.838. The summed E-state index contributed by atoms with van der Waals surface area (Å²) in [5.41, 5.74) is 1.23. The van der Waals surface area contributed by atoms with E-state index in [9.17, 15) is 4.79 Å². The minimum absolute atomic E-state index is 0.0470. The number of aliphatic hydroxyl groups excluding tert-OH is 1. The van der Waals surface area contributed by atoms with Crippen LogP contribution in [-0.2, 0) is 4.79 Å². The maximum absolute atomic E-state index is 11.9. The molecule has 0 aliphatic rings. The van der Waals surface area contributed by atoms with E-state index < -0.39 is 5.54 Å². The molecule has 1 rings (SSSR count). The van der Waals surface area contributed by atoms with Crippen LogP contribution in [0.4, 0.5) is 0 Å². The summed E-state index contributed by atoms with van der Waals surface area (Å²) in [4.78, 5) is 11.9. The van der Waals surface area contributed by atoms with Gasteiger partial charge in [0.15, 0.2) is 0 Å². The van der Waals surface area contributed by atoms with Crippen LogP contribution in [0.25, 0.3) is 0 Å². The third-order valence-corrected chi connectivity index (χ3v) is 2.95. The molecular weight excluding hydrogens is 232 g/mol. The largest absolute Gasteiger partial charge is 0.394 e. The third kappa shape index (κ3) is 3.57. The molecule has 0 bridgehead atoms. The average molecular weight is 254 g/mol. The number of hydrogen-bond acceptors (Lipinski definition) is 4. The van der Waals surface area contributed by atoms with Gasteiger partial charge in [-0.2, -0.15) is 0 Å². The van der Waals surface area contributed by atoms with Crippen molar-refractivity contribution in [2.24, 2.45) is 0 Å². The SMILES string of the molecule is Cc1noc(C)c1C(C)CC(=O)NC(C)(C)CO. The van der Waals surface area contributed by atoms with Gasteiger partial charge in [-0.1, -0.05) is 12.1 Å². The summed E-state index contributed by atoms with van der Waals surface area (Å²) >= 11 is 0. The fraction of sp³-hybridized carbons (Fsp3) is 0.692. The van der Waals surface area contributed by atoms with Gasteiger partial charge in [-0.3, -0.25) is 4.79 Å². The number of nitrogens with zero attached hydrogens (tertiary/aromatic N) is 1. The van der Waals surface area contributed by atoms with Crippen LogP contribution in [0.2, 0.25) is 0 Å². The highest BCUT2D eigenvalue weighted by Crippen LogP contribution is 2.25. The Labute approximate surface area is 108 Å². The molecule has 102 valence electrons. The fourth-order valence-corrected chi connectivity index (χ4v) is 2.04. The zero-order valence-corrected chi connectivity index (χ0v) is 11.7. The number of amides is 1. The van der Waals surface area contributed by atoms with Crippen molar-refractivity contribution < 1.29 is 14.4 Å². The molecule has 5 heteroatoms. The summed E-state index contributed by atoms with van der Waals surface area (Å²) in [6, 6.07) is 0. The molecule has 0 saturated carbocycles. The van der Waals surface area contributed by atoms with Gasteiger partial charge in [0.05, 0.1) is 17.8 Å². The first-order chi connectivity index (χ1) is 8.26. The predicted octanol–water partition coefficient (Wildman–Crippen LogP) is 1.67. The molecule has 0 aliphatic heterocycles. The van der Waals surface area contributed by atoms with Gasteiger partial charge < -0.3 is 14.9 Å². The van der Waals surface area contributed by atoms with Gasteiger partial charge in [0, 0.05) is 12.0 Å².